The van der Waals surface area contributed by atoms with E-state index in [0.717, 1.165) is 19.1 Å². The number of hydrogen-bond donors (Lipinski definition) is 1. The Labute approximate surface area is 124 Å². The van der Waals surface area contributed by atoms with Crippen LogP contribution in [0.4, 0.5) is 0 Å². The van der Waals surface area contributed by atoms with Gasteiger partial charge in [-0.25, -0.2) is 0 Å². The summed E-state index contributed by atoms with van der Waals surface area (Å²) in [5, 5.41) is 10.5. The van der Waals surface area contributed by atoms with Gasteiger partial charge in [0.2, 0.25) is 0 Å². The van der Waals surface area contributed by atoms with Crippen molar-refractivity contribution >= 4 is 43.2 Å². The predicted octanol–water partition coefficient (Wildman–Crippen LogP) is 5.52. The van der Waals surface area contributed by atoms with Crippen LogP contribution in [-0.4, -0.2) is 5.11 Å². The van der Waals surface area contributed by atoms with Gasteiger partial charge in [0.05, 0.1) is 9.89 Å². The summed E-state index contributed by atoms with van der Waals surface area (Å²) < 4.78 is 2.13. The molecule has 0 spiro atoms. The molecule has 1 aliphatic rings. The number of aliphatic hydroxyl groups excluding tert-OH is 1. The SMILES string of the molecule is CCC1CCCC(C(O)c2cc(Br)c(Br)s2)C1. The van der Waals surface area contributed by atoms with Gasteiger partial charge in [-0.05, 0) is 62.6 Å². The van der Waals surface area contributed by atoms with Crippen molar-refractivity contribution in [3.8, 4) is 0 Å². The number of halogens is 2. The Morgan fingerprint density at radius 1 is 1.47 bits per heavy atom. The molecule has 3 atom stereocenters. The van der Waals surface area contributed by atoms with E-state index < -0.39 is 0 Å². The van der Waals surface area contributed by atoms with Gasteiger partial charge in [-0.2, -0.15) is 0 Å². The topological polar surface area (TPSA) is 20.2 Å². The number of rotatable bonds is 3. The lowest BCUT2D eigenvalue weighted by Gasteiger charge is -2.31. The third-order valence-electron chi connectivity index (χ3n) is 3.80. The van der Waals surface area contributed by atoms with E-state index in [2.05, 4.69) is 44.8 Å². The van der Waals surface area contributed by atoms with Crippen molar-refractivity contribution in [1.82, 2.24) is 0 Å². The molecule has 1 aliphatic carbocycles. The van der Waals surface area contributed by atoms with Gasteiger partial charge in [0, 0.05) is 9.35 Å². The standard InChI is InChI=1S/C13H18Br2OS/c1-2-8-4-3-5-9(6-8)12(16)11-7-10(14)13(15)17-11/h7-9,12,16H,2-6H2,1H3. The molecule has 1 N–H and O–H groups in total. The first-order valence-electron chi connectivity index (χ1n) is 6.24. The molecule has 0 amide bonds. The second-order valence-electron chi connectivity index (χ2n) is 4.92. The molecule has 2 rings (SSSR count). The van der Waals surface area contributed by atoms with Crippen LogP contribution < -0.4 is 0 Å². The fourth-order valence-electron chi connectivity index (χ4n) is 2.73. The van der Waals surface area contributed by atoms with Crippen LogP contribution in [0.2, 0.25) is 0 Å². The molecule has 96 valence electrons. The molecule has 4 heteroatoms. The molecule has 17 heavy (non-hydrogen) atoms. The Morgan fingerprint density at radius 2 is 2.24 bits per heavy atom. The Balaban J connectivity index is 2.06. The fourth-order valence-corrected chi connectivity index (χ4v) is 4.90. The zero-order valence-electron chi connectivity index (χ0n) is 9.96. The fraction of sp³-hybridized carbons (Fsp3) is 0.692. The zero-order chi connectivity index (χ0) is 12.4. The largest absolute Gasteiger partial charge is 0.387 e. The van der Waals surface area contributed by atoms with Gasteiger partial charge < -0.3 is 5.11 Å². The summed E-state index contributed by atoms with van der Waals surface area (Å²) in [6.07, 6.45) is 5.94. The molecule has 1 aromatic heterocycles. The van der Waals surface area contributed by atoms with E-state index in [-0.39, 0.29) is 6.10 Å². The summed E-state index contributed by atoms with van der Waals surface area (Å²) in [6, 6.07) is 2.05. The van der Waals surface area contributed by atoms with Crippen LogP contribution in [0.15, 0.2) is 14.3 Å². The van der Waals surface area contributed by atoms with Crippen molar-refractivity contribution in [2.75, 3.05) is 0 Å². The molecule has 0 saturated heterocycles. The van der Waals surface area contributed by atoms with Gasteiger partial charge in [0.25, 0.3) is 0 Å². The summed E-state index contributed by atoms with van der Waals surface area (Å²) in [7, 11) is 0. The maximum Gasteiger partial charge on any atom is 0.0910 e. The minimum Gasteiger partial charge on any atom is -0.387 e. The molecule has 0 aromatic carbocycles. The first-order valence-corrected chi connectivity index (χ1v) is 8.64. The smallest absolute Gasteiger partial charge is 0.0910 e. The van der Waals surface area contributed by atoms with Crippen molar-refractivity contribution in [2.24, 2.45) is 11.8 Å². The van der Waals surface area contributed by atoms with Gasteiger partial charge >= 0.3 is 0 Å². The highest BCUT2D eigenvalue weighted by atomic mass is 79.9. The van der Waals surface area contributed by atoms with Crippen molar-refractivity contribution in [2.45, 2.75) is 45.1 Å². The molecule has 0 radical (unpaired) electrons. The van der Waals surface area contributed by atoms with Gasteiger partial charge in [-0.3, -0.25) is 0 Å². The van der Waals surface area contributed by atoms with Crippen LogP contribution in [-0.2, 0) is 0 Å². The second-order valence-corrected chi connectivity index (χ2v) is 8.17. The van der Waals surface area contributed by atoms with E-state index in [9.17, 15) is 5.11 Å². The van der Waals surface area contributed by atoms with Crippen LogP contribution in [0.3, 0.4) is 0 Å². The monoisotopic (exact) mass is 380 g/mol. The zero-order valence-corrected chi connectivity index (χ0v) is 13.9. The van der Waals surface area contributed by atoms with Gasteiger partial charge in [-0.1, -0.05) is 26.2 Å². The minimum atomic E-state index is -0.281. The Kier molecular flexibility index (Phi) is 5.10. The van der Waals surface area contributed by atoms with E-state index in [0.29, 0.717) is 5.92 Å². The van der Waals surface area contributed by atoms with Crippen molar-refractivity contribution in [3.63, 3.8) is 0 Å². The summed E-state index contributed by atoms with van der Waals surface area (Å²) in [4.78, 5) is 1.09. The molecule has 1 nitrogen and oxygen atoms in total. The summed E-state index contributed by atoms with van der Waals surface area (Å²) in [5.74, 6) is 1.27. The maximum absolute atomic E-state index is 10.5. The number of aliphatic hydroxyl groups is 1. The maximum atomic E-state index is 10.5. The van der Waals surface area contributed by atoms with Gasteiger partial charge in [0.1, 0.15) is 0 Å². The molecule has 0 bridgehead atoms. The normalized spacial score (nSPS) is 27.1. The van der Waals surface area contributed by atoms with Crippen LogP contribution >= 0.6 is 43.2 Å². The van der Waals surface area contributed by atoms with Crippen molar-refractivity contribution in [3.05, 3.63) is 19.2 Å². The lowest BCUT2D eigenvalue weighted by Crippen LogP contribution is -2.20. The molecule has 1 saturated carbocycles. The molecule has 1 fully saturated rings. The number of hydrogen-bond acceptors (Lipinski definition) is 2. The first-order chi connectivity index (χ1) is 8.11. The van der Waals surface area contributed by atoms with E-state index >= 15 is 0 Å². The van der Waals surface area contributed by atoms with Crippen LogP contribution in [0, 0.1) is 11.8 Å². The van der Waals surface area contributed by atoms with Crippen molar-refractivity contribution in [1.29, 1.82) is 0 Å². The van der Waals surface area contributed by atoms with E-state index in [1.807, 2.05) is 0 Å². The highest BCUT2D eigenvalue weighted by Crippen LogP contribution is 2.43. The number of thiophene rings is 1. The lowest BCUT2D eigenvalue weighted by atomic mass is 9.77. The quantitative estimate of drug-likeness (QED) is 0.730. The average molecular weight is 382 g/mol. The van der Waals surface area contributed by atoms with E-state index in [4.69, 9.17) is 0 Å². The first kappa shape index (κ1) is 14.0. The van der Waals surface area contributed by atoms with Gasteiger partial charge in [0.15, 0.2) is 0 Å². The van der Waals surface area contributed by atoms with Gasteiger partial charge in [-0.15, -0.1) is 11.3 Å². The molecule has 1 heterocycles. The van der Waals surface area contributed by atoms with Crippen LogP contribution in [0.1, 0.15) is 50.0 Å². The third kappa shape index (κ3) is 3.34. The molecule has 0 aliphatic heterocycles. The minimum absolute atomic E-state index is 0.281. The highest BCUT2D eigenvalue weighted by molar-refractivity contribution is 9.13. The predicted molar refractivity (Wildman–Crippen MR) is 80.4 cm³/mol. The van der Waals surface area contributed by atoms with Crippen molar-refractivity contribution < 1.29 is 5.11 Å². The van der Waals surface area contributed by atoms with E-state index in [1.165, 1.54) is 32.1 Å². The third-order valence-corrected chi connectivity index (χ3v) is 7.13. The molecule has 3 unspecified atom stereocenters. The lowest BCUT2D eigenvalue weighted by molar-refractivity contribution is 0.0705. The second kappa shape index (κ2) is 6.18. The summed E-state index contributed by atoms with van der Waals surface area (Å²) in [6.45, 7) is 2.26. The molecular weight excluding hydrogens is 364 g/mol. The molecule has 1 aromatic rings. The molecular formula is C13H18Br2OS. The highest BCUT2D eigenvalue weighted by Gasteiger charge is 2.28. The summed E-state index contributed by atoms with van der Waals surface area (Å²) in [5.41, 5.74) is 0. The Hall–Kier alpha value is 0.620. The van der Waals surface area contributed by atoms with E-state index in [1.54, 1.807) is 11.3 Å². The Morgan fingerprint density at radius 3 is 2.82 bits per heavy atom. The average Bonchev–Trinajstić information content (AvgIpc) is 2.69. The van der Waals surface area contributed by atoms with Crippen LogP contribution in [0.5, 0.6) is 0 Å². The summed E-state index contributed by atoms with van der Waals surface area (Å²) >= 11 is 8.63. The Bertz CT molecular complexity index is 358. The van der Waals surface area contributed by atoms with Crippen LogP contribution in [0.25, 0.3) is 0 Å².